The van der Waals surface area contributed by atoms with Crippen LogP contribution in [0.15, 0.2) is 53.5 Å². The number of aromatic nitrogens is 1. The second kappa shape index (κ2) is 4.08. The molecule has 4 heteroatoms. The van der Waals surface area contributed by atoms with E-state index in [2.05, 4.69) is 0 Å². The Hall–Kier alpha value is -1.91. The van der Waals surface area contributed by atoms with Gasteiger partial charge in [-0.2, -0.15) is 5.48 Å². The van der Waals surface area contributed by atoms with Gasteiger partial charge >= 0.3 is 0 Å². The molecule has 76 valence electrons. The van der Waals surface area contributed by atoms with Crippen LogP contribution in [0.1, 0.15) is 0 Å². The summed E-state index contributed by atoms with van der Waals surface area (Å²) < 4.78 is 1.54. The number of quaternary nitrogens is 1. The second-order valence-electron chi connectivity index (χ2n) is 3.13. The van der Waals surface area contributed by atoms with Crippen molar-refractivity contribution in [3.8, 4) is 5.69 Å². The van der Waals surface area contributed by atoms with Crippen molar-refractivity contribution in [1.82, 2.24) is 4.57 Å². The van der Waals surface area contributed by atoms with Crippen LogP contribution in [0.3, 0.4) is 0 Å². The summed E-state index contributed by atoms with van der Waals surface area (Å²) in [6, 6.07) is 12.1. The fourth-order valence-corrected chi connectivity index (χ4v) is 1.36. The summed E-state index contributed by atoms with van der Waals surface area (Å²) >= 11 is 0. The summed E-state index contributed by atoms with van der Waals surface area (Å²) in [6.07, 6.45) is 1.71. The molecule has 0 aliphatic heterocycles. The first kappa shape index (κ1) is 9.64. The smallest absolute Gasteiger partial charge is 0.255 e. The minimum Gasteiger partial charge on any atom is -0.284 e. The average Bonchev–Trinajstić information content (AvgIpc) is 2.30. The molecule has 1 heterocycles. The zero-order valence-electron chi connectivity index (χ0n) is 8.00. The molecule has 0 atom stereocenters. The van der Waals surface area contributed by atoms with Crippen LogP contribution in [0.25, 0.3) is 5.69 Å². The Balaban J connectivity index is 2.46. The van der Waals surface area contributed by atoms with E-state index < -0.39 is 0 Å². The molecule has 0 radical (unpaired) electrons. The summed E-state index contributed by atoms with van der Waals surface area (Å²) in [4.78, 5) is 11.5. The number of benzene rings is 1. The van der Waals surface area contributed by atoms with E-state index in [-0.39, 0.29) is 5.56 Å². The number of hydrogen-bond donors (Lipinski definition) is 2. The van der Waals surface area contributed by atoms with Crippen molar-refractivity contribution < 1.29 is 10.7 Å². The van der Waals surface area contributed by atoms with Crippen molar-refractivity contribution in [2.24, 2.45) is 0 Å². The van der Waals surface area contributed by atoms with Crippen molar-refractivity contribution >= 4 is 5.69 Å². The van der Waals surface area contributed by atoms with Gasteiger partial charge in [-0.15, -0.1) is 0 Å². The Bertz CT molecular complexity index is 502. The molecule has 0 bridgehead atoms. The number of pyridine rings is 1. The molecule has 0 spiro atoms. The number of nitrogens with two attached hydrogens (primary N) is 1. The van der Waals surface area contributed by atoms with Crippen molar-refractivity contribution in [1.29, 1.82) is 0 Å². The highest BCUT2D eigenvalue weighted by atomic mass is 16.5. The molecule has 2 rings (SSSR count). The van der Waals surface area contributed by atoms with Crippen LogP contribution in [0.2, 0.25) is 0 Å². The molecule has 1 aromatic carbocycles. The number of hydrogen-bond acceptors (Lipinski definition) is 2. The van der Waals surface area contributed by atoms with Gasteiger partial charge in [0.25, 0.3) is 5.56 Å². The summed E-state index contributed by atoms with van der Waals surface area (Å²) in [5, 5.41) is 8.76. The van der Waals surface area contributed by atoms with E-state index in [1.165, 1.54) is 6.07 Å². The molecule has 3 N–H and O–H groups in total. The van der Waals surface area contributed by atoms with Crippen LogP contribution in [-0.2, 0) is 0 Å². The van der Waals surface area contributed by atoms with Crippen LogP contribution in [0.5, 0.6) is 0 Å². The minimum absolute atomic E-state index is 0.0711. The van der Waals surface area contributed by atoms with Crippen LogP contribution >= 0.6 is 0 Å². The average molecular weight is 203 g/mol. The highest BCUT2D eigenvalue weighted by Crippen LogP contribution is 2.07. The third-order valence-corrected chi connectivity index (χ3v) is 2.14. The highest BCUT2D eigenvalue weighted by molar-refractivity contribution is 5.40. The van der Waals surface area contributed by atoms with Gasteiger partial charge in [-0.3, -0.25) is 9.36 Å². The van der Waals surface area contributed by atoms with E-state index in [0.717, 1.165) is 11.2 Å². The zero-order chi connectivity index (χ0) is 10.7. The molecule has 0 aliphatic carbocycles. The fourth-order valence-electron chi connectivity index (χ4n) is 1.36. The van der Waals surface area contributed by atoms with Gasteiger partial charge in [-0.25, -0.2) is 5.21 Å². The van der Waals surface area contributed by atoms with Gasteiger partial charge in [-0.1, -0.05) is 6.07 Å². The summed E-state index contributed by atoms with van der Waals surface area (Å²) in [5.41, 5.74) is 2.45. The lowest BCUT2D eigenvalue weighted by Gasteiger charge is -2.03. The minimum atomic E-state index is -0.0711. The van der Waals surface area contributed by atoms with Gasteiger partial charge in [0.1, 0.15) is 0 Å². The van der Waals surface area contributed by atoms with Gasteiger partial charge in [0.05, 0.1) is 0 Å². The molecular formula is C11H11N2O2+. The topological polar surface area (TPSA) is 58.8 Å². The molecule has 15 heavy (non-hydrogen) atoms. The van der Waals surface area contributed by atoms with E-state index >= 15 is 0 Å². The largest absolute Gasteiger partial charge is 0.284 e. The van der Waals surface area contributed by atoms with Gasteiger partial charge in [0.15, 0.2) is 5.69 Å². The highest BCUT2D eigenvalue weighted by Gasteiger charge is 1.99. The lowest BCUT2D eigenvalue weighted by atomic mass is 10.3. The Labute approximate surface area is 86.4 Å². The van der Waals surface area contributed by atoms with E-state index in [1.807, 2.05) is 0 Å². The monoisotopic (exact) mass is 203 g/mol. The summed E-state index contributed by atoms with van der Waals surface area (Å²) in [6.45, 7) is 0. The fraction of sp³-hybridized carbons (Fsp3) is 0. The Morgan fingerprint density at radius 3 is 2.40 bits per heavy atom. The standard InChI is InChI=1S/C11H10N2O2/c14-11-3-1-2-8-13(11)10-6-4-9(12-15)5-7-10/h1-8,12,15H/p+1. The van der Waals surface area contributed by atoms with Gasteiger partial charge in [0, 0.05) is 30.1 Å². The molecule has 2 aromatic rings. The second-order valence-corrected chi connectivity index (χ2v) is 3.13. The maximum Gasteiger partial charge on any atom is 0.255 e. The third-order valence-electron chi connectivity index (χ3n) is 2.14. The molecule has 0 unspecified atom stereocenters. The Kier molecular flexibility index (Phi) is 2.62. The molecule has 0 fully saturated rings. The summed E-state index contributed by atoms with van der Waals surface area (Å²) in [5.74, 6) is 0. The first-order valence-corrected chi connectivity index (χ1v) is 4.57. The molecule has 0 saturated heterocycles. The lowest BCUT2D eigenvalue weighted by molar-refractivity contribution is -0.825. The van der Waals surface area contributed by atoms with E-state index in [9.17, 15) is 4.79 Å². The molecule has 4 nitrogen and oxygen atoms in total. The molecule has 0 amide bonds. The predicted molar refractivity (Wildman–Crippen MR) is 55.4 cm³/mol. The van der Waals surface area contributed by atoms with Crippen LogP contribution in [0, 0.1) is 0 Å². The first-order valence-electron chi connectivity index (χ1n) is 4.57. The van der Waals surface area contributed by atoms with E-state index in [0.29, 0.717) is 5.69 Å². The van der Waals surface area contributed by atoms with Crippen molar-refractivity contribution in [3.05, 3.63) is 59.0 Å². The molecule has 0 aliphatic rings. The molecule has 1 aromatic heterocycles. The van der Waals surface area contributed by atoms with E-state index in [1.54, 1.807) is 47.2 Å². The normalized spacial score (nSPS) is 10.2. The zero-order valence-corrected chi connectivity index (χ0v) is 8.00. The lowest BCUT2D eigenvalue weighted by Crippen LogP contribution is -2.73. The molecular weight excluding hydrogens is 192 g/mol. The van der Waals surface area contributed by atoms with Crippen LogP contribution < -0.4 is 11.0 Å². The van der Waals surface area contributed by atoms with Crippen molar-refractivity contribution in [2.75, 3.05) is 0 Å². The van der Waals surface area contributed by atoms with Gasteiger partial charge in [0.2, 0.25) is 0 Å². The van der Waals surface area contributed by atoms with Gasteiger partial charge < -0.3 is 0 Å². The molecule has 0 saturated carbocycles. The third kappa shape index (κ3) is 1.96. The van der Waals surface area contributed by atoms with Gasteiger partial charge in [-0.05, 0) is 18.2 Å². The quantitative estimate of drug-likeness (QED) is 0.549. The Morgan fingerprint density at radius 1 is 1.07 bits per heavy atom. The van der Waals surface area contributed by atoms with Crippen LogP contribution in [-0.4, -0.2) is 9.77 Å². The Morgan fingerprint density at radius 2 is 1.80 bits per heavy atom. The summed E-state index contributed by atoms with van der Waals surface area (Å²) in [7, 11) is 0. The van der Waals surface area contributed by atoms with Crippen LogP contribution in [0.4, 0.5) is 5.69 Å². The number of nitrogens with zero attached hydrogens (tertiary/aromatic N) is 1. The maximum atomic E-state index is 11.5. The SMILES string of the molecule is O=c1ccccn1-c1ccc([NH2+]O)cc1. The van der Waals surface area contributed by atoms with Crippen molar-refractivity contribution in [3.63, 3.8) is 0 Å². The van der Waals surface area contributed by atoms with E-state index in [4.69, 9.17) is 5.21 Å². The predicted octanol–water partition coefficient (Wildman–Crippen LogP) is 0.422. The maximum absolute atomic E-state index is 11.5. The first-order chi connectivity index (χ1) is 7.31. The number of rotatable bonds is 2. The van der Waals surface area contributed by atoms with Crippen molar-refractivity contribution in [2.45, 2.75) is 0 Å².